The number of hydrogen-bond acceptors (Lipinski definition) is 4. The molecule has 0 radical (unpaired) electrons. The van der Waals surface area contributed by atoms with Gasteiger partial charge in [-0.15, -0.1) is 10.2 Å². The number of aromatic nitrogens is 3. The van der Waals surface area contributed by atoms with Crippen molar-refractivity contribution < 1.29 is 4.74 Å². The molecular weight excluding hydrogens is 352 g/mol. The number of aryl methyl sites for hydroxylation is 1. The van der Waals surface area contributed by atoms with Crippen molar-refractivity contribution in [2.45, 2.75) is 32.9 Å². The molecule has 0 atom stereocenters. The highest BCUT2D eigenvalue weighted by atomic mass is 35.5. The zero-order chi connectivity index (χ0) is 18.6. The first-order valence-corrected chi connectivity index (χ1v) is 9.23. The Balaban J connectivity index is 1.89. The highest BCUT2D eigenvalue weighted by molar-refractivity contribution is 6.30. The molecule has 26 heavy (non-hydrogen) atoms. The highest BCUT2D eigenvalue weighted by Gasteiger charge is 2.03. The maximum atomic E-state index is 5.93. The van der Waals surface area contributed by atoms with Crippen molar-refractivity contribution in [3.63, 3.8) is 0 Å². The minimum Gasteiger partial charge on any atom is -0.385 e. The zero-order valence-corrected chi connectivity index (χ0v) is 16.2. The van der Waals surface area contributed by atoms with Crippen molar-refractivity contribution in [3.8, 4) is 0 Å². The van der Waals surface area contributed by atoms with Crippen LogP contribution in [-0.4, -0.2) is 47.5 Å². The van der Waals surface area contributed by atoms with E-state index in [1.807, 2.05) is 24.3 Å². The summed E-state index contributed by atoms with van der Waals surface area (Å²) in [6.07, 6.45) is 3.55. The van der Waals surface area contributed by atoms with Gasteiger partial charge in [-0.3, -0.25) is 0 Å². The summed E-state index contributed by atoms with van der Waals surface area (Å²) >= 11 is 5.93. The Bertz CT molecular complexity index is 671. The average Bonchev–Trinajstić information content (AvgIpc) is 3.11. The van der Waals surface area contributed by atoms with E-state index >= 15 is 0 Å². The standard InChI is InChI=1S/C18H27ClN6O/c1-3-17-24-23-14-25(17)11-10-21-18(20-9-4-12-26-2)22-13-15-5-7-16(19)8-6-15/h5-8,14H,3-4,9-13H2,1-2H3,(H2,20,21,22). The van der Waals surface area contributed by atoms with Gasteiger partial charge in [0.05, 0.1) is 6.54 Å². The third-order valence-corrected chi connectivity index (χ3v) is 4.06. The number of nitrogens with zero attached hydrogens (tertiary/aromatic N) is 4. The van der Waals surface area contributed by atoms with Crippen molar-refractivity contribution in [2.75, 3.05) is 26.8 Å². The van der Waals surface area contributed by atoms with Gasteiger partial charge in [0, 0.05) is 44.8 Å². The molecule has 0 fully saturated rings. The van der Waals surface area contributed by atoms with Gasteiger partial charge in [-0.05, 0) is 24.1 Å². The molecule has 1 aromatic heterocycles. The molecule has 142 valence electrons. The second-order valence-corrected chi connectivity index (χ2v) is 6.22. The van der Waals surface area contributed by atoms with Gasteiger partial charge in [-0.25, -0.2) is 4.99 Å². The molecule has 2 aromatic rings. The second kappa shape index (κ2) is 11.5. The van der Waals surface area contributed by atoms with Crippen LogP contribution >= 0.6 is 11.6 Å². The van der Waals surface area contributed by atoms with Gasteiger partial charge in [0.2, 0.25) is 0 Å². The Morgan fingerprint density at radius 2 is 2.00 bits per heavy atom. The summed E-state index contributed by atoms with van der Waals surface area (Å²) in [6.45, 7) is 5.71. The van der Waals surface area contributed by atoms with Crippen LogP contribution < -0.4 is 10.6 Å². The van der Waals surface area contributed by atoms with Gasteiger partial charge in [-0.2, -0.15) is 0 Å². The van der Waals surface area contributed by atoms with E-state index in [0.29, 0.717) is 6.54 Å². The van der Waals surface area contributed by atoms with Gasteiger partial charge in [0.1, 0.15) is 12.2 Å². The average molecular weight is 379 g/mol. The van der Waals surface area contributed by atoms with Crippen LogP contribution in [0.4, 0.5) is 0 Å². The Morgan fingerprint density at radius 3 is 2.73 bits per heavy atom. The molecule has 2 rings (SSSR count). The predicted octanol–water partition coefficient (Wildman–Crippen LogP) is 2.27. The molecule has 0 aliphatic heterocycles. The number of rotatable bonds is 10. The van der Waals surface area contributed by atoms with Crippen LogP contribution in [0.15, 0.2) is 35.6 Å². The summed E-state index contributed by atoms with van der Waals surface area (Å²) in [5, 5.41) is 15.5. The first-order valence-electron chi connectivity index (χ1n) is 8.85. The number of benzene rings is 1. The van der Waals surface area contributed by atoms with Crippen molar-refractivity contribution in [1.29, 1.82) is 0 Å². The smallest absolute Gasteiger partial charge is 0.191 e. The number of hydrogen-bond donors (Lipinski definition) is 2. The minimum atomic E-state index is 0.587. The fourth-order valence-corrected chi connectivity index (χ4v) is 2.52. The third-order valence-electron chi connectivity index (χ3n) is 3.81. The minimum absolute atomic E-state index is 0.587. The number of ether oxygens (including phenoxy) is 1. The molecule has 0 aliphatic rings. The van der Waals surface area contributed by atoms with Crippen molar-refractivity contribution in [1.82, 2.24) is 25.4 Å². The van der Waals surface area contributed by atoms with E-state index in [-0.39, 0.29) is 0 Å². The van der Waals surface area contributed by atoms with Gasteiger partial charge >= 0.3 is 0 Å². The summed E-state index contributed by atoms with van der Waals surface area (Å²) in [6, 6.07) is 7.73. The number of nitrogens with one attached hydrogen (secondary N) is 2. The summed E-state index contributed by atoms with van der Waals surface area (Å²) in [5.41, 5.74) is 1.11. The van der Waals surface area contributed by atoms with E-state index in [1.165, 1.54) is 0 Å². The quantitative estimate of drug-likeness (QED) is 0.377. The summed E-state index contributed by atoms with van der Waals surface area (Å²) < 4.78 is 7.14. The number of guanidine groups is 1. The maximum Gasteiger partial charge on any atom is 0.191 e. The summed E-state index contributed by atoms with van der Waals surface area (Å²) in [7, 11) is 1.71. The lowest BCUT2D eigenvalue weighted by atomic mass is 10.2. The van der Waals surface area contributed by atoms with Crippen LogP contribution in [0.1, 0.15) is 24.7 Å². The van der Waals surface area contributed by atoms with Crippen LogP contribution in [0.2, 0.25) is 5.02 Å². The van der Waals surface area contributed by atoms with Gasteiger partial charge in [-0.1, -0.05) is 30.7 Å². The Kier molecular flexibility index (Phi) is 8.92. The highest BCUT2D eigenvalue weighted by Crippen LogP contribution is 2.10. The lowest BCUT2D eigenvalue weighted by Crippen LogP contribution is -2.39. The van der Waals surface area contributed by atoms with Crippen molar-refractivity contribution in [2.24, 2.45) is 4.99 Å². The lowest BCUT2D eigenvalue weighted by molar-refractivity contribution is 0.195. The van der Waals surface area contributed by atoms with Gasteiger partial charge < -0.3 is 19.9 Å². The fraction of sp³-hybridized carbons (Fsp3) is 0.500. The molecule has 2 N–H and O–H groups in total. The van der Waals surface area contributed by atoms with Gasteiger partial charge in [0.15, 0.2) is 5.96 Å². The molecule has 0 saturated carbocycles. The van der Waals surface area contributed by atoms with Crippen LogP contribution in [-0.2, 0) is 24.2 Å². The normalized spacial score (nSPS) is 11.6. The maximum absolute atomic E-state index is 5.93. The van der Waals surface area contributed by atoms with E-state index < -0.39 is 0 Å². The monoisotopic (exact) mass is 378 g/mol. The van der Waals surface area contributed by atoms with E-state index in [9.17, 15) is 0 Å². The number of halogens is 1. The summed E-state index contributed by atoms with van der Waals surface area (Å²) in [4.78, 5) is 4.65. The molecule has 0 saturated heterocycles. The van der Waals surface area contributed by atoms with E-state index in [0.717, 1.165) is 61.5 Å². The first-order chi connectivity index (χ1) is 12.7. The van der Waals surface area contributed by atoms with Gasteiger partial charge in [0.25, 0.3) is 0 Å². The van der Waals surface area contributed by atoms with E-state index in [4.69, 9.17) is 16.3 Å². The first kappa shape index (κ1) is 20.2. The zero-order valence-electron chi connectivity index (χ0n) is 15.4. The largest absolute Gasteiger partial charge is 0.385 e. The summed E-state index contributed by atoms with van der Waals surface area (Å²) in [5.74, 6) is 1.77. The van der Waals surface area contributed by atoms with E-state index in [1.54, 1.807) is 13.4 Å². The molecular formula is C18H27ClN6O. The molecule has 0 bridgehead atoms. The molecule has 1 heterocycles. The molecule has 0 unspecified atom stereocenters. The van der Waals surface area contributed by atoms with Crippen LogP contribution in [0.25, 0.3) is 0 Å². The molecule has 8 heteroatoms. The number of aliphatic imine (C=N–C) groups is 1. The molecule has 0 amide bonds. The molecule has 1 aromatic carbocycles. The SMILES string of the molecule is CCc1nncn1CCNC(=NCc1ccc(Cl)cc1)NCCCOC. The van der Waals surface area contributed by atoms with Crippen LogP contribution in [0.3, 0.4) is 0 Å². The molecule has 0 aliphatic carbocycles. The molecule has 7 nitrogen and oxygen atoms in total. The van der Waals surface area contributed by atoms with Crippen LogP contribution in [0, 0.1) is 0 Å². The predicted molar refractivity (Wildman–Crippen MR) is 104 cm³/mol. The molecule has 0 spiro atoms. The third kappa shape index (κ3) is 7.01. The topological polar surface area (TPSA) is 76.4 Å². The van der Waals surface area contributed by atoms with Crippen LogP contribution in [0.5, 0.6) is 0 Å². The van der Waals surface area contributed by atoms with Crippen molar-refractivity contribution >= 4 is 17.6 Å². The lowest BCUT2D eigenvalue weighted by Gasteiger charge is -2.13. The second-order valence-electron chi connectivity index (χ2n) is 5.79. The fourth-order valence-electron chi connectivity index (χ4n) is 2.39. The van der Waals surface area contributed by atoms with E-state index in [2.05, 4.69) is 37.3 Å². The Labute approximate surface area is 159 Å². The Morgan fingerprint density at radius 1 is 1.23 bits per heavy atom. The number of methoxy groups -OCH3 is 1. The Hall–Kier alpha value is -2.12. The van der Waals surface area contributed by atoms with Crippen molar-refractivity contribution in [3.05, 3.63) is 47.0 Å².